The number of hydrogen-bond donors (Lipinski definition) is 2. The van der Waals surface area contributed by atoms with Crippen LogP contribution in [0.1, 0.15) is 31.3 Å². The molecule has 0 radical (unpaired) electrons. The molecule has 7 nitrogen and oxygen atoms in total. The molecule has 1 aromatic carbocycles. The molecule has 0 spiro atoms. The normalized spacial score (nSPS) is 15.0. The van der Waals surface area contributed by atoms with E-state index in [1.165, 1.54) is 35.8 Å². The van der Waals surface area contributed by atoms with E-state index < -0.39 is 6.43 Å². The van der Waals surface area contributed by atoms with Crippen LogP contribution >= 0.6 is 0 Å². The van der Waals surface area contributed by atoms with Gasteiger partial charge in [0.05, 0.1) is 11.4 Å². The van der Waals surface area contributed by atoms with Crippen LogP contribution in [0.2, 0.25) is 0 Å². The third kappa shape index (κ3) is 5.29. The summed E-state index contributed by atoms with van der Waals surface area (Å²) in [5, 5.41) is 1.18. The van der Waals surface area contributed by atoms with Crippen LogP contribution in [-0.2, 0) is 0 Å². The highest BCUT2D eigenvalue weighted by Gasteiger charge is 2.13. The summed E-state index contributed by atoms with van der Waals surface area (Å²) in [7, 11) is 0. The number of aromatic nitrogens is 2. The maximum atomic E-state index is 12.8. The molecular weight excluding hydrogens is 366 g/mol. The topological polar surface area (TPSA) is 93.5 Å². The van der Waals surface area contributed by atoms with Crippen molar-refractivity contribution < 1.29 is 13.5 Å². The van der Waals surface area contributed by atoms with Crippen molar-refractivity contribution in [2.75, 3.05) is 29.6 Å². The smallest absolute Gasteiger partial charge is 0.318 e. The fourth-order valence-corrected chi connectivity index (χ4v) is 2.96. The molecule has 150 valence electrons. The first-order valence-electron chi connectivity index (χ1n) is 9.12. The highest BCUT2D eigenvalue weighted by atomic mass is 19.3. The van der Waals surface area contributed by atoms with E-state index in [2.05, 4.69) is 14.9 Å². The molecule has 3 rings (SSSR count). The summed E-state index contributed by atoms with van der Waals surface area (Å²) in [6.07, 6.45) is 4.03. The van der Waals surface area contributed by atoms with Crippen LogP contribution in [-0.4, -0.2) is 29.7 Å². The predicted octanol–water partition coefficient (Wildman–Crippen LogP) is 2.96. The lowest BCUT2D eigenvalue weighted by molar-refractivity contribution is 0.151. The van der Waals surface area contributed by atoms with Gasteiger partial charge in [0, 0.05) is 31.0 Å². The number of hydrogen-bond acceptors (Lipinski definition) is 7. The van der Waals surface area contributed by atoms with E-state index in [9.17, 15) is 8.78 Å². The van der Waals surface area contributed by atoms with Crippen molar-refractivity contribution in [1.82, 2.24) is 9.97 Å². The van der Waals surface area contributed by atoms with Crippen molar-refractivity contribution >= 4 is 11.5 Å². The highest BCUT2D eigenvalue weighted by molar-refractivity contribution is 5.50. The standard InChI is InChI=1S/C19H24F2N6O/c20-18(21)14-5-4-6-16(11-14)27(23)12-15(22)13-28-19-24-8-7-17(25-19)26-9-2-1-3-10-26/h4-8,11-12,18H,1-3,9-10,13,22-23H2/b15-12-. The molecule has 2 heterocycles. The zero-order chi connectivity index (χ0) is 19.9. The number of anilines is 2. The fraction of sp³-hybridized carbons (Fsp3) is 0.368. The minimum absolute atomic E-state index is 0.0195. The number of benzene rings is 1. The monoisotopic (exact) mass is 390 g/mol. The van der Waals surface area contributed by atoms with Crippen LogP contribution < -0.4 is 26.2 Å². The van der Waals surface area contributed by atoms with Crippen molar-refractivity contribution in [3.05, 3.63) is 54.0 Å². The van der Waals surface area contributed by atoms with Crippen LogP contribution in [0.4, 0.5) is 20.3 Å². The lowest BCUT2D eigenvalue weighted by atomic mass is 10.1. The SMILES string of the molecule is N/C(=C\N(N)c1cccc(C(F)F)c1)COc1nccc(N2CCCCC2)n1. The Morgan fingerprint density at radius 3 is 2.79 bits per heavy atom. The van der Waals surface area contributed by atoms with Crippen LogP contribution in [0, 0.1) is 0 Å². The van der Waals surface area contributed by atoms with Gasteiger partial charge in [0.15, 0.2) is 0 Å². The van der Waals surface area contributed by atoms with Gasteiger partial charge in [0.25, 0.3) is 6.43 Å². The second kappa shape index (κ2) is 9.32. The largest absolute Gasteiger partial charge is 0.457 e. The summed E-state index contributed by atoms with van der Waals surface area (Å²) >= 11 is 0. The van der Waals surface area contributed by atoms with Gasteiger partial charge >= 0.3 is 6.01 Å². The van der Waals surface area contributed by atoms with E-state index in [0.29, 0.717) is 11.4 Å². The van der Waals surface area contributed by atoms with Gasteiger partial charge < -0.3 is 15.4 Å². The van der Waals surface area contributed by atoms with Crippen molar-refractivity contribution in [1.29, 1.82) is 0 Å². The molecule has 0 aliphatic carbocycles. The van der Waals surface area contributed by atoms with Crippen LogP contribution in [0.15, 0.2) is 48.4 Å². The predicted molar refractivity (Wildman–Crippen MR) is 104 cm³/mol. The lowest BCUT2D eigenvalue weighted by Crippen LogP contribution is -2.30. The summed E-state index contributed by atoms with van der Waals surface area (Å²) in [4.78, 5) is 10.7. The molecule has 4 N–H and O–H groups in total. The molecule has 0 unspecified atom stereocenters. The van der Waals surface area contributed by atoms with Crippen molar-refractivity contribution in [2.24, 2.45) is 11.6 Å². The van der Waals surface area contributed by atoms with Gasteiger partial charge in [-0.1, -0.05) is 12.1 Å². The van der Waals surface area contributed by atoms with Crippen LogP contribution in [0.3, 0.4) is 0 Å². The summed E-state index contributed by atoms with van der Waals surface area (Å²) in [6, 6.07) is 7.85. The third-order valence-corrected chi connectivity index (χ3v) is 4.39. The van der Waals surface area contributed by atoms with Crippen molar-refractivity contribution in [3.8, 4) is 6.01 Å². The molecular formula is C19H24F2N6O. The van der Waals surface area contributed by atoms with E-state index in [1.807, 2.05) is 6.07 Å². The molecule has 0 bridgehead atoms. The number of hydrazine groups is 1. The number of nitrogens with two attached hydrogens (primary N) is 2. The Balaban J connectivity index is 1.60. The van der Waals surface area contributed by atoms with E-state index in [-0.39, 0.29) is 18.2 Å². The second-order valence-electron chi connectivity index (χ2n) is 6.54. The number of piperidine rings is 1. The maximum Gasteiger partial charge on any atom is 0.318 e. The minimum Gasteiger partial charge on any atom is -0.457 e. The Morgan fingerprint density at radius 2 is 2.04 bits per heavy atom. The number of alkyl halides is 2. The fourth-order valence-electron chi connectivity index (χ4n) is 2.96. The zero-order valence-corrected chi connectivity index (χ0v) is 15.5. The molecule has 0 atom stereocenters. The summed E-state index contributed by atoms with van der Waals surface area (Å²) in [5.74, 6) is 6.72. The van der Waals surface area contributed by atoms with Gasteiger partial charge in [-0.25, -0.2) is 19.6 Å². The summed E-state index contributed by atoms with van der Waals surface area (Å²) < 4.78 is 31.2. The molecule has 1 aliphatic heterocycles. The molecule has 1 fully saturated rings. The van der Waals surface area contributed by atoms with E-state index in [4.69, 9.17) is 16.3 Å². The van der Waals surface area contributed by atoms with E-state index in [0.717, 1.165) is 31.7 Å². The van der Waals surface area contributed by atoms with Gasteiger partial charge in [0.1, 0.15) is 12.4 Å². The molecule has 1 aromatic heterocycles. The number of halogens is 2. The number of nitrogens with zero attached hydrogens (tertiary/aromatic N) is 4. The third-order valence-electron chi connectivity index (χ3n) is 4.39. The quantitative estimate of drug-likeness (QED) is 0.554. The second-order valence-corrected chi connectivity index (χ2v) is 6.54. The van der Waals surface area contributed by atoms with Gasteiger partial charge in [-0.05, 0) is 37.5 Å². The van der Waals surface area contributed by atoms with Crippen LogP contribution in [0.25, 0.3) is 0 Å². The van der Waals surface area contributed by atoms with Gasteiger partial charge in [-0.15, -0.1) is 0 Å². The first-order chi connectivity index (χ1) is 13.5. The van der Waals surface area contributed by atoms with Crippen molar-refractivity contribution in [3.63, 3.8) is 0 Å². The van der Waals surface area contributed by atoms with Gasteiger partial charge in [-0.2, -0.15) is 4.98 Å². The molecule has 9 heteroatoms. The summed E-state index contributed by atoms with van der Waals surface area (Å²) in [6.45, 7) is 1.96. The first-order valence-corrected chi connectivity index (χ1v) is 9.12. The Morgan fingerprint density at radius 1 is 1.25 bits per heavy atom. The van der Waals surface area contributed by atoms with E-state index >= 15 is 0 Å². The van der Waals surface area contributed by atoms with Crippen LogP contribution in [0.5, 0.6) is 6.01 Å². The highest BCUT2D eigenvalue weighted by Crippen LogP contribution is 2.23. The average molecular weight is 390 g/mol. The van der Waals surface area contributed by atoms with Crippen molar-refractivity contribution in [2.45, 2.75) is 25.7 Å². The first kappa shape index (κ1) is 19.8. The molecule has 0 amide bonds. The molecule has 2 aromatic rings. The Bertz CT molecular complexity index is 811. The zero-order valence-electron chi connectivity index (χ0n) is 15.5. The Kier molecular flexibility index (Phi) is 6.59. The van der Waals surface area contributed by atoms with E-state index in [1.54, 1.807) is 12.3 Å². The molecule has 0 saturated carbocycles. The Hall–Kier alpha value is -2.94. The summed E-state index contributed by atoms with van der Waals surface area (Å²) in [5.41, 5.74) is 6.52. The Labute approximate surface area is 162 Å². The molecule has 28 heavy (non-hydrogen) atoms. The molecule has 1 aliphatic rings. The number of ether oxygens (including phenoxy) is 1. The minimum atomic E-state index is -2.57. The van der Waals surface area contributed by atoms with Gasteiger partial charge in [-0.3, -0.25) is 5.01 Å². The lowest BCUT2D eigenvalue weighted by Gasteiger charge is -2.27. The average Bonchev–Trinajstić information content (AvgIpc) is 2.73. The molecule has 1 saturated heterocycles. The maximum absolute atomic E-state index is 12.8. The van der Waals surface area contributed by atoms with Gasteiger partial charge in [0.2, 0.25) is 0 Å². The number of rotatable bonds is 7.